The lowest BCUT2D eigenvalue weighted by Gasteiger charge is -2.11. The summed E-state index contributed by atoms with van der Waals surface area (Å²) in [4.78, 5) is 0. The van der Waals surface area contributed by atoms with Gasteiger partial charge < -0.3 is 15.2 Å². The van der Waals surface area contributed by atoms with Crippen LogP contribution in [0, 0.1) is 5.41 Å². The summed E-state index contributed by atoms with van der Waals surface area (Å²) in [6, 6.07) is 13.1. The van der Waals surface area contributed by atoms with E-state index in [-0.39, 0.29) is 5.84 Å². The number of nitrogen functional groups attached to an aromatic ring is 1. The number of ether oxygens (including phenoxy) is 2. The summed E-state index contributed by atoms with van der Waals surface area (Å²) in [6.45, 7) is 0.427. The zero-order chi connectivity index (χ0) is 14.5. The fourth-order valence-electron chi connectivity index (χ4n) is 1.75. The highest BCUT2D eigenvalue weighted by atomic mass is 79.9. The van der Waals surface area contributed by atoms with Crippen molar-refractivity contribution in [1.82, 2.24) is 0 Å². The first-order valence-corrected chi connectivity index (χ1v) is 6.79. The molecule has 2 aromatic carbocycles. The Morgan fingerprint density at radius 1 is 1.20 bits per heavy atom. The van der Waals surface area contributed by atoms with Gasteiger partial charge in [-0.3, -0.25) is 5.41 Å². The number of amidine groups is 1. The molecule has 5 heteroatoms. The van der Waals surface area contributed by atoms with Crippen LogP contribution in [0.5, 0.6) is 11.5 Å². The Kier molecular flexibility index (Phi) is 4.63. The third-order valence-corrected chi connectivity index (χ3v) is 3.30. The lowest BCUT2D eigenvalue weighted by atomic mass is 10.1. The first-order chi connectivity index (χ1) is 9.60. The van der Waals surface area contributed by atoms with Crippen LogP contribution in [0.1, 0.15) is 11.1 Å². The molecule has 0 saturated heterocycles. The molecular weight excluding hydrogens is 320 g/mol. The first kappa shape index (κ1) is 14.4. The van der Waals surface area contributed by atoms with Crippen molar-refractivity contribution >= 4 is 21.8 Å². The average Bonchev–Trinajstić information content (AvgIpc) is 2.46. The molecule has 0 aliphatic carbocycles. The number of nitrogens with two attached hydrogens (primary N) is 1. The number of halogens is 1. The lowest BCUT2D eigenvalue weighted by molar-refractivity contribution is 0.305. The second-order valence-electron chi connectivity index (χ2n) is 4.19. The van der Waals surface area contributed by atoms with Gasteiger partial charge in [-0.25, -0.2) is 0 Å². The van der Waals surface area contributed by atoms with Gasteiger partial charge in [0.2, 0.25) is 0 Å². The highest BCUT2D eigenvalue weighted by Gasteiger charge is 2.07. The summed E-state index contributed by atoms with van der Waals surface area (Å²) >= 11 is 3.38. The molecule has 4 nitrogen and oxygen atoms in total. The van der Waals surface area contributed by atoms with Crippen LogP contribution in [-0.2, 0) is 6.61 Å². The molecule has 0 atom stereocenters. The standard InChI is InChI=1S/C15H15BrN2O2/c1-19-14-8-10(2-7-13(14)15(17)18)9-20-12-5-3-11(16)4-6-12/h2-8H,9H2,1H3,(H3,17,18). The van der Waals surface area contributed by atoms with Gasteiger partial charge in [0.25, 0.3) is 0 Å². The minimum atomic E-state index is -0.0118. The molecule has 0 radical (unpaired) electrons. The fraction of sp³-hybridized carbons (Fsp3) is 0.133. The Hall–Kier alpha value is -2.01. The third kappa shape index (κ3) is 3.51. The Morgan fingerprint density at radius 2 is 1.90 bits per heavy atom. The maximum Gasteiger partial charge on any atom is 0.130 e. The maximum absolute atomic E-state index is 7.47. The maximum atomic E-state index is 7.47. The molecule has 2 aromatic rings. The zero-order valence-corrected chi connectivity index (χ0v) is 12.6. The number of nitrogens with one attached hydrogen (secondary N) is 1. The van der Waals surface area contributed by atoms with E-state index in [9.17, 15) is 0 Å². The minimum Gasteiger partial charge on any atom is -0.496 e. The van der Waals surface area contributed by atoms with Gasteiger partial charge >= 0.3 is 0 Å². The predicted octanol–water partition coefficient (Wildman–Crippen LogP) is 3.32. The van der Waals surface area contributed by atoms with Crippen molar-refractivity contribution in [2.24, 2.45) is 5.73 Å². The van der Waals surface area contributed by atoms with E-state index in [0.29, 0.717) is 17.9 Å². The smallest absolute Gasteiger partial charge is 0.130 e. The summed E-state index contributed by atoms with van der Waals surface area (Å²) in [6.07, 6.45) is 0. The van der Waals surface area contributed by atoms with Crippen LogP contribution in [0.15, 0.2) is 46.9 Å². The van der Waals surface area contributed by atoms with Crippen LogP contribution < -0.4 is 15.2 Å². The van der Waals surface area contributed by atoms with Crippen molar-refractivity contribution < 1.29 is 9.47 Å². The van der Waals surface area contributed by atoms with Crippen molar-refractivity contribution in [2.75, 3.05) is 7.11 Å². The molecule has 0 unspecified atom stereocenters. The summed E-state index contributed by atoms with van der Waals surface area (Å²) in [5.41, 5.74) is 7.02. The summed E-state index contributed by atoms with van der Waals surface area (Å²) < 4.78 is 11.9. The Morgan fingerprint density at radius 3 is 2.50 bits per heavy atom. The van der Waals surface area contributed by atoms with Gasteiger partial charge in [0.05, 0.1) is 12.7 Å². The highest BCUT2D eigenvalue weighted by Crippen LogP contribution is 2.22. The third-order valence-electron chi connectivity index (χ3n) is 2.78. The van der Waals surface area contributed by atoms with E-state index in [2.05, 4.69) is 15.9 Å². The average molecular weight is 335 g/mol. The Balaban J connectivity index is 2.10. The van der Waals surface area contributed by atoms with Gasteiger partial charge in [-0.2, -0.15) is 0 Å². The molecule has 3 N–H and O–H groups in total. The van der Waals surface area contributed by atoms with Gasteiger partial charge in [-0.15, -0.1) is 0 Å². The molecule has 0 saturated carbocycles. The van der Waals surface area contributed by atoms with Gasteiger partial charge in [0.15, 0.2) is 0 Å². The van der Waals surface area contributed by atoms with E-state index < -0.39 is 0 Å². The number of hydrogen-bond donors (Lipinski definition) is 2. The van der Waals surface area contributed by atoms with Crippen LogP contribution in [0.2, 0.25) is 0 Å². The van der Waals surface area contributed by atoms with Gasteiger partial charge in [-0.05, 0) is 42.0 Å². The van der Waals surface area contributed by atoms with Gasteiger partial charge in [0.1, 0.15) is 23.9 Å². The molecular formula is C15H15BrN2O2. The number of benzene rings is 2. The highest BCUT2D eigenvalue weighted by molar-refractivity contribution is 9.10. The normalized spacial score (nSPS) is 10.1. The molecule has 0 amide bonds. The summed E-state index contributed by atoms with van der Waals surface area (Å²) in [7, 11) is 1.56. The van der Waals surface area contributed by atoms with E-state index in [0.717, 1.165) is 15.8 Å². The van der Waals surface area contributed by atoms with Crippen LogP contribution in [0.25, 0.3) is 0 Å². The second-order valence-corrected chi connectivity index (χ2v) is 5.11. The van der Waals surface area contributed by atoms with E-state index in [1.54, 1.807) is 13.2 Å². The molecule has 0 heterocycles. The van der Waals surface area contributed by atoms with Crippen LogP contribution in [0.4, 0.5) is 0 Å². The van der Waals surface area contributed by atoms with Crippen LogP contribution in [-0.4, -0.2) is 12.9 Å². The summed E-state index contributed by atoms with van der Waals surface area (Å²) in [5, 5.41) is 7.47. The largest absolute Gasteiger partial charge is 0.496 e. The Bertz CT molecular complexity index is 612. The molecule has 0 aromatic heterocycles. The summed E-state index contributed by atoms with van der Waals surface area (Å²) in [5.74, 6) is 1.36. The quantitative estimate of drug-likeness (QED) is 0.651. The zero-order valence-electron chi connectivity index (χ0n) is 11.0. The molecule has 20 heavy (non-hydrogen) atoms. The monoisotopic (exact) mass is 334 g/mol. The van der Waals surface area contributed by atoms with E-state index in [1.165, 1.54) is 0 Å². The molecule has 0 fully saturated rings. The van der Waals surface area contributed by atoms with Gasteiger partial charge in [-0.1, -0.05) is 22.0 Å². The fourth-order valence-corrected chi connectivity index (χ4v) is 2.01. The van der Waals surface area contributed by atoms with Crippen LogP contribution >= 0.6 is 15.9 Å². The van der Waals surface area contributed by atoms with Crippen molar-refractivity contribution in [1.29, 1.82) is 5.41 Å². The first-order valence-electron chi connectivity index (χ1n) is 6.00. The number of methoxy groups -OCH3 is 1. The van der Waals surface area contributed by atoms with Crippen molar-refractivity contribution in [3.8, 4) is 11.5 Å². The second kappa shape index (κ2) is 6.43. The SMILES string of the molecule is COc1cc(COc2ccc(Br)cc2)ccc1C(=N)N. The van der Waals surface area contributed by atoms with E-state index >= 15 is 0 Å². The number of rotatable bonds is 5. The molecule has 0 aliphatic heterocycles. The molecule has 0 bridgehead atoms. The lowest BCUT2D eigenvalue weighted by Crippen LogP contribution is -2.12. The van der Waals surface area contributed by atoms with E-state index in [4.69, 9.17) is 20.6 Å². The van der Waals surface area contributed by atoms with Crippen molar-refractivity contribution in [3.05, 3.63) is 58.1 Å². The predicted molar refractivity (Wildman–Crippen MR) is 82.5 cm³/mol. The molecule has 2 rings (SSSR count). The molecule has 104 valence electrons. The van der Waals surface area contributed by atoms with Crippen molar-refractivity contribution in [2.45, 2.75) is 6.61 Å². The van der Waals surface area contributed by atoms with Crippen LogP contribution in [0.3, 0.4) is 0 Å². The van der Waals surface area contributed by atoms with E-state index in [1.807, 2.05) is 36.4 Å². The topological polar surface area (TPSA) is 68.3 Å². The number of hydrogen-bond acceptors (Lipinski definition) is 3. The molecule has 0 spiro atoms. The Labute approximate surface area is 126 Å². The molecule has 0 aliphatic rings. The van der Waals surface area contributed by atoms with Gasteiger partial charge in [0, 0.05) is 4.47 Å². The van der Waals surface area contributed by atoms with Crippen molar-refractivity contribution in [3.63, 3.8) is 0 Å². The minimum absolute atomic E-state index is 0.0118.